The fraction of sp³-hybridized carbons (Fsp3) is 0.571. The Morgan fingerprint density at radius 3 is 2.53 bits per heavy atom. The fourth-order valence-electron chi connectivity index (χ4n) is 2.24. The fourth-order valence-corrected chi connectivity index (χ4v) is 3.63. The number of ether oxygens (including phenoxy) is 1. The number of rotatable bonds is 6. The van der Waals surface area contributed by atoms with Gasteiger partial charge in [0.25, 0.3) is 0 Å². The van der Waals surface area contributed by atoms with E-state index in [-0.39, 0.29) is 11.8 Å². The number of aryl methyl sites for hydroxylation is 1. The molecule has 0 saturated carbocycles. The number of sulfonamides is 1. The van der Waals surface area contributed by atoms with Crippen LogP contribution in [-0.4, -0.2) is 33.4 Å². The van der Waals surface area contributed by atoms with Gasteiger partial charge in [-0.2, -0.15) is 0 Å². The minimum Gasteiger partial charge on any atom is -0.381 e. The van der Waals surface area contributed by atoms with Gasteiger partial charge in [-0.25, -0.2) is 13.1 Å². The lowest BCUT2D eigenvalue weighted by molar-refractivity contribution is 0.0832. The summed E-state index contributed by atoms with van der Waals surface area (Å²) < 4.78 is 31.9. The Balaban J connectivity index is 1.74. The summed E-state index contributed by atoms with van der Waals surface area (Å²) in [6.45, 7) is 1.30. The summed E-state index contributed by atoms with van der Waals surface area (Å²) in [5.41, 5.74) is 1.18. The Morgan fingerprint density at radius 2 is 1.84 bits per heavy atom. The Hall–Kier alpha value is -0.910. The third kappa shape index (κ3) is 5.30. The summed E-state index contributed by atoms with van der Waals surface area (Å²) in [6.07, 6.45) is 3.01. The maximum atomic E-state index is 11.9. The highest BCUT2D eigenvalue weighted by Crippen LogP contribution is 2.09. The van der Waals surface area contributed by atoms with E-state index >= 15 is 0 Å². The van der Waals surface area contributed by atoms with Crippen LogP contribution in [0.5, 0.6) is 0 Å². The Kier molecular flexibility index (Phi) is 5.36. The maximum Gasteiger partial charge on any atom is 0.211 e. The lowest BCUT2D eigenvalue weighted by atomic mass is 10.1. The highest BCUT2D eigenvalue weighted by Gasteiger charge is 2.19. The van der Waals surface area contributed by atoms with Gasteiger partial charge >= 0.3 is 0 Å². The number of hydrogen-bond acceptors (Lipinski definition) is 3. The van der Waals surface area contributed by atoms with Crippen LogP contribution in [0.25, 0.3) is 0 Å². The van der Waals surface area contributed by atoms with Crippen molar-refractivity contribution >= 4 is 10.0 Å². The molecule has 0 spiro atoms. The van der Waals surface area contributed by atoms with E-state index in [9.17, 15) is 8.42 Å². The van der Waals surface area contributed by atoms with Gasteiger partial charge in [0.05, 0.1) is 5.75 Å². The van der Waals surface area contributed by atoms with E-state index in [0.717, 1.165) is 19.3 Å². The van der Waals surface area contributed by atoms with Crippen LogP contribution in [0.3, 0.4) is 0 Å². The topological polar surface area (TPSA) is 55.4 Å². The SMILES string of the molecule is O=S(=O)(CCCc1ccccc1)NC1CCOCC1. The summed E-state index contributed by atoms with van der Waals surface area (Å²) in [5.74, 6) is 0.194. The first-order valence-corrected chi connectivity index (χ1v) is 8.43. The Bertz CT molecular complexity index is 467. The van der Waals surface area contributed by atoms with Crippen LogP contribution in [0.15, 0.2) is 30.3 Å². The van der Waals surface area contributed by atoms with Crippen LogP contribution >= 0.6 is 0 Å². The first-order valence-electron chi connectivity index (χ1n) is 6.77. The van der Waals surface area contributed by atoms with Crippen molar-refractivity contribution < 1.29 is 13.2 Å². The lowest BCUT2D eigenvalue weighted by Crippen LogP contribution is -2.40. The van der Waals surface area contributed by atoms with Gasteiger partial charge in [0.1, 0.15) is 0 Å². The second kappa shape index (κ2) is 7.03. The predicted octanol–water partition coefficient (Wildman–Crippen LogP) is 1.72. The Labute approximate surface area is 115 Å². The van der Waals surface area contributed by atoms with Crippen molar-refractivity contribution in [1.29, 1.82) is 0 Å². The van der Waals surface area contributed by atoms with Crippen LogP contribution in [0.2, 0.25) is 0 Å². The Morgan fingerprint density at radius 1 is 1.16 bits per heavy atom. The van der Waals surface area contributed by atoms with Gasteiger partial charge in [-0.05, 0) is 31.2 Å². The molecule has 0 aliphatic carbocycles. The minimum absolute atomic E-state index is 0.0514. The lowest BCUT2D eigenvalue weighted by Gasteiger charge is -2.22. The van der Waals surface area contributed by atoms with Crippen LogP contribution in [0.4, 0.5) is 0 Å². The normalized spacial score (nSPS) is 17.5. The largest absolute Gasteiger partial charge is 0.381 e. The van der Waals surface area contributed by atoms with Crippen LogP contribution in [0, 0.1) is 0 Å². The van der Waals surface area contributed by atoms with Gasteiger partial charge in [-0.1, -0.05) is 30.3 Å². The van der Waals surface area contributed by atoms with E-state index in [1.807, 2.05) is 30.3 Å². The number of benzene rings is 1. The van der Waals surface area contributed by atoms with E-state index in [0.29, 0.717) is 19.6 Å². The molecule has 1 aromatic carbocycles. The van der Waals surface area contributed by atoms with Crippen molar-refractivity contribution in [3.05, 3.63) is 35.9 Å². The summed E-state index contributed by atoms with van der Waals surface area (Å²) in [6, 6.07) is 10.0. The first-order chi connectivity index (χ1) is 9.16. The molecule has 0 atom stereocenters. The summed E-state index contributed by atoms with van der Waals surface area (Å²) in [7, 11) is -3.16. The van der Waals surface area contributed by atoms with E-state index < -0.39 is 10.0 Å². The number of hydrogen-bond donors (Lipinski definition) is 1. The summed E-state index contributed by atoms with van der Waals surface area (Å²) in [5, 5.41) is 0. The number of nitrogens with one attached hydrogen (secondary N) is 1. The van der Waals surface area contributed by atoms with Crippen molar-refractivity contribution in [3.63, 3.8) is 0 Å². The third-order valence-corrected chi connectivity index (χ3v) is 4.81. The molecule has 0 amide bonds. The maximum absolute atomic E-state index is 11.9. The molecule has 1 heterocycles. The van der Waals surface area contributed by atoms with Gasteiger partial charge in [-0.15, -0.1) is 0 Å². The van der Waals surface area contributed by atoms with Crippen LogP contribution in [0.1, 0.15) is 24.8 Å². The molecule has 4 nitrogen and oxygen atoms in total. The van der Waals surface area contributed by atoms with E-state index in [4.69, 9.17) is 4.74 Å². The summed E-state index contributed by atoms with van der Waals surface area (Å²) in [4.78, 5) is 0. The van der Waals surface area contributed by atoms with Crippen molar-refractivity contribution in [2.45, 2.75) is 31.7 Å². The molecule has 2 rings (SSSR count). The second-order valence-electron chi connectivity index (χ2n) is 4.91. The molecule has 19 heavy (non-hydrogen) atoms. The van der Waals surface area contributed by atoms with E-state index in [1.54, 1.807) is 0 Å². The highest BCUT2D eigenvalue weighted by molar-refractivity contribution is 7.89. The molecule has 1 N–H and O–H groups in total. The molecule has 1 aromatic rings. The molecule has 0 unspecified atom stereocenters. The monoisotopic (exact) mass is 283 g/mol. The van der Waals surface area contributed by atoms with Gasteiger partial charge < -0.3 is 4.74 Å². The molecule has 0 aromatic heterocycles. The molecule has 1 aliphatic heterocycles. The van der Waals surface area contributed by atoms with E-state index in [1.165, 1.54) is 5.56 Å². The zero-order valence-electron chi connectivity index (χ0n) is 11.0. The highest BCUT2D eigenvalue weighted by atomic mass is 32.2. The molecule has 1 saturated heterocycles. The predicted molar refractivity (Wildman–Crippen MR) is 75.5 cm³/mol. The van der Waals surface area contributed by atoms with Crippen LogP contribution in [-0.2, 0) is 21.2 Å². The summed E-state index contributed by atoms with van der Waals surface area (Å²) >= 11 is 0. The molecule has 0 bridgehead atoms. The molecule has 106 valence electrons. The average Bonchev–Trinajstić information content (AvgIpc) is 2.40. The van der Waals surface area contributed by atoms with Crippen molar-refractivity contribution in [2.75, 3.05) is 19.0 Å². The van der Waals surface area contributed by atoms with Crippen molar-refractivity contribution in [1.82, 2.24) is 4.72 Å². The zero-order valence-corrected chi connectivity index (χ0v) is 11.9. The quantitative estimate of drug-likeness (QED) is 0.865. The van der Waals surface area contributed by atoms with Crippen molar-refractivity contribution in [2.24, 2.45) is 0 Å². The molecule has 1 aliphatic rings. The molecular weight excluding hydrogens is 262 g/mol. The van der Waals surface area contributed by atoms with Crippen LogP contribution < -0.4 is 4.72 Å². The molecule has 5 heteroatoms. The zero-order chi connectivity index (χ0) is 13.6. The van der Waals surface area contributed by atoms with E-state index in [2.05, 4.69) is 4.72 Å². The smallest absolute Gasteiger partial charge is 0.211 e. The van der Waals surface area contributed by atoms with Crippen molar-refractivity contribution in [3.8, 4) is 0 Å². The molecule has 1 fully saturated rings. The second-order valence-corrected chi connectivity index (χ2v) is 6.79. The van der Waals surface area contributed by atoms with Gasteiger partial charge in [0, 0.05) is 19.3 Å². The minimum atomic E-state index is -3.16. The molecule has 0 radical (unpaired) electrons. The van der Waals surface area contributed by atoms with Gasteiger partial charge in [0.2, 0.25) is 10.0 Å². The first kappa shape index (κ1) is 14.5. The average molecular weight is 283 g/mol. The standard InChI is InChI=1S/C14H21NO3S/c16-19(17,15-14-8-10-18-11-9-14)12-4-7-13-5-2-1-3-6-13/h1-3,5-6,14-15H,4,7-12H2. The molecular formula is C14H21NO3S. The third-order valence-electron chi connectivity index (χ3n) is 3.29. The van der Waals surface area contributed by atoms with Gasteiger partial charge in [0.15, 0.2) is 0 Å². The van der Waals surface area contributed by atoms with Gasteiger partial charge in [-0.3, -0.25) is 0 Å².